The van der Waals surface area contributed by atoms with Crippen molar-refractivity contribution >= 4 is 0 Å². The normalized spacial score (nSPS) is 29.1. The standard InChI is InChI=1S/C11H22N2O/c1-2-13(10-7-12-8-10)9-11-5-3-4-6-14-11/h10-12H,2-9H2,1H3. The van der Waals surface area contributed by atoms with Gasteiger partial charge in [-0.25, -0.2) is 0 Å². The Morgan fingerprint density at radius 3 is 2.71 bits per heavy atom. The third-order valence-electron chi connectivity index (χ3n) is 3.39. The maximum Gasteiger partial charge on any atom is 0.0702 e. The fourth-order valence-corrected chi connectivity index (χ4v) is 2.28. The molecule has 0 radical (unpaired) electrons. The predicted molar refractivity (Wildman–Crippen MR) is 57.5 cm³/mol. The summed E-state index contributed by atoms with van der Waals surface area (Å²) in [4.78, 5) is 2.56. The quantitative estimate of drug-likeness (QED) is 0.725. The molecule has 2 rings (SSSR count). The van der Waals surface area contributed by atoms with Gasteiger partial charge in [0.25, 0.3) is 0 Å². The maximum atomic E-state index is 5.77. The molecule has 2 saturated heterocycles. The van der Waals surface area contributed by atoms with Crippen molar-refractivity contribution in [2.45, 2.75) is 38.3 Å². The lowest BCUT2D eigenvalue weighted by Crippen LogP contribution is -2.58. The average molecular weight is 198 g/mol. The predicted octanol–water partition coefficient (Wildman–Crippen LogP) is 0.849. The smallest absolute Gasteiger partial charge is 0.0702 e. The van der Waals surface area contributed by atoms with Gasteiger partial charge in [-0.2, -0.15) is 0 Å². The topological polar surface area (TPSA) is 24.5 Å². The third-order valence-corrected chi connectivity index (χ3v) is 3.39. The number of hydrogen-bond donors (Lipinski definition) is 1. The molecule has 2 heterocycles. The third kappa shape index (κ3) is 2.47. The molecule has 82 valence electrons. The molecule has 0 amide bonds. The molecule has 1 unspecified atom stereocenters. The highest BCUT2D eigenvalue weighted by Gasteiger charge is 2.26. The largest absolute Gasteiger partial charge is 0.377 e. The Labute approximate surface area is 86.8 Å². The van der Waals surface area contributed by atoms with Crippen LogP contribution in [0.4, 0.5) is 0 Å². The van der Waals surface area contributed by atoms with E-state index >= 15 is 0 Å². The first-order valence-electron chi connectivity index (χ1n) is 5.96. The van der Waals surface area contributed by atoms with Crippen molar-refractivity contribution in [3.05, 3.63) is 0 Å². The van der Waals surface area contributed by atoms with E-state index < -0.39 is 0 Å². The van der Waals surface area contributed by atoms with Crippen LogP contribution in [0.5, 0.6) is 0 Å². The van der Waals surface area contributed by atoms with Gasteiger partial charge in [-0.1, -0.05) is 6.92 Å². The second kappa shape index (κ2) is 5.10. The fraction of sp³-hybridized carbons (Fsp3) is 1.00. The number of rotatable bonds is 4. The Balaban J connectivity index is 1.74. The highest BCUT2D eigenvalue weighted by atomic mass is 16.5. The van der Waals surface area contributed by atoms with Crippen molar-refractivity contribution in [1.82, 2.24) is 10.2 Å². The van der Waals surface area contributed by atoms with Gasteiger partial charge in [0, 0.05) is 32.3 Å². The molecular weight excluding hydrogens is 176 g/mol. The van der Waals surface area contributed by atoms with Gasteiger partial charge in [-0.05, 0) is 25.8 Å². The minimum Gasteiger partial charge on any atom is -0.377 e. The van der Waals surface area contributed by atoms with E-state index in [1.54, 1.807) is 0 Å². The molecule has 14 heavy (non-hydrogen) atoms. The van der Waals surface area contributed by atoms with Crippen LogP contribution in [0.15, 0.2) is 0 Å². The SMILES string of the molecule is CCN(CC1CCCCO1)C1CNC1. The molecule has 2 aliphatic heterocycles. The lowest BCUT2D eigenvalue weighted by molar-refractivity contribution is -0.0173. The van der Waals surface area contributed by atoms with E-state index in [1.807, 2.05) is 0 Å². The average Bonchev–Trinajstić information content (AvgIpc) is 2.15. The molecule has 0 aromatic carbocycles. The van der Waals surface area contributed by atoms with E-state index in [0.717, 1.165) is 25.7 Å². The van der Waals surface area contributed by atoms with E-state index in [0.29, 0.717) is 6.10 Å². The highest BCUT2D eigenvalue weighted by molar-refractivity contribution is 4.85. The van der Waals surface area contributed by atoms with Crippen molar-refractivity contribution in [1.29, 1.82) is 0 Å². The number of nitrogens with one attached hydrogen (secondary N) is 1. The molecule has 0 saturated carbocycles. The van der Waals surface area contributed by atoms with Crippen molar-refractivity contribution in [2.75, 3.05) is 32.8 Å². The van der Waals surface area contributed by atoms with Gasteiger partial charge in [0.1, 0.15) is 0 Å². The molecule has 0 aliphatic carbocycles. The minimum atomic E-state index is 0.504. The van der Waals surface area contributed by atoms with Gasteiger partial charge in [-0.15, -0.1) is 0 Å². The van der Waals surface area contributed by atoms with Crippen molar-refractivity contribution < 1.29 is 4.74 Å². The van der Waals surface area contributed by atoms with E-state index in [4.69, 9.17) is 4.74 Å². The molecule has 3 nitrogen and oxygen atoms in total. The van der Waals surface area contributed by atoms with Crippen molar-refractivity contribution in [3.63, 3.8) is 0 Å². The van der Waals surface area contributed by atoms with Crippen LogP contribution in [0.1, 0.15) is 26.2 Å². The molecule has 1 atom stereocenters. The van der Waals surface area contributed by atoms with Crippen LogP contribution < -0.4 is 5.32 Å². The van der Waals surface area contributed by atoms with Gasteiger partial charge in [0.15, 0.2) is 0 Å². The first-order valence-corrected chi connectivity index (χ1v) is 5.96. The molecule has 0 bridgehead atoms. The van der Waals surface area contributed by atoms with E-state index in [-0.39, 0.29) is 0 Å². The fourth-order valence-electron chi connectivity index (χ4n) is 2.28. The maximum absolute atomic E-state index is 5.77. The Bertz CT molecular complexity index is 165. The van der Waals surface area contributed by atoms with Crippen LogP contribution >= 0.6 is 0 Å². The molecule has 0 spiro atoms. The van der Waals surface area contributed by atoms with Crippen LogP contribution in [0.3, 0.4) is 0 Å². The summed E-state index contributed by atoms with van der Waals surface area (Å²) < 4.78 is 5.77. The summed E-state index contributed by atoms with van der Waals surface area (Å²) >= 11 is 0. The molecule has 0 aromatic heterocycles. The molecule has 2 fully saturated rings. The van der Waals surface area contributed by atoms with Crippen molar-refractivity contribution in [3.8, 4) is 0 Å². The van der Waals surface area contributed by atoms with Crippen LogP contribution in [-0.4, -0.2) is 49.8 Å². The number of nitrogens with zero attached hydrogens (tertiary/aromatic N) is 1. The van der Waals surface area contributed by atoms with Crippen molar-refractivity contribution in [2.24, 2.45) is 0 Å². The summed E-state index contributed by atoms with van der Waals surface area (Å²) in [7, 11) is 0. The summed E-state index contributed by atoms with van der Waals surface area (Å²) in [6.07, 6.45) is 4.37. The zero-order valence-electron chi connectivity index (χ0n) is 9.17. The molecule has 1 N–H and O–H groups in total. The van der Waals surface area contributed by atoms with E-state index in [2.05, 4.69) is 17.1 Å². The zero-order valence-corrected chi connectivity index (χ0v) is 9.17. The van der Waals surface area contributed by atoms with Crippen LogP contribution in [-0.2, 0) is 4.74 Å². The first kappa shape index (κ1) is 10.4. The first-order chi connectivity index (χ1) is 6.90. The Kier molecular flexibility index (Phi) is 3.79. The van der Waals surface area contributed by atoms with Crippen LogP contribution in [0.25, 0.3) is 0 Å². The van der Waals surface area contributed by atoms with E-state index in [1.165, 1.54) is 32.4 Å². The minimum absolute atomic E-state index is 0.504. The monoisotopic (exact) mass is 198 g/mol. The number of likely N-dealkylation sites (N-methyl/N-ethyl adjacent to an activating group) is 1. The lowest BCUT2D eigenvalue weighted by Gasteiger charge is -2.40. The molecule has 0 aromatic rings. The Morgan fingerprint density at radius 1 is 1.36 bits per heavy atom. The second-order valence-electron chi connectivity index (χ2n) is 4.39. The van der Waals surface area contributed by atoms with E-state index in [9.17, 15) is 0 Å². The van der Waals surface area contributed by atoms with Gasteiger partial charge in [0.2, 0.25) is 0 Å². The highest BCUT2D eigenvalue weighted by Crippen LogP contribution is 2.15. The summed E-state index contributed by atoms with van der Waals surface area (Å²) in [5.41, 5.74) is 0. The lowest BCUT2D eigenvalue weighted by atomic mass is 10.1. The van der Waals surface area contributed by atoms with Gasteiger partial charge in [-0.3, -0.25) is 4.90 Å². The zero-order chi connectivity index (χ0) is 9.80. The van der Waals surface area contributed by atoms with Gasteiger partial charge >= 0.3 is 0 Å². The molecular formula is C11H22N2O. The summed E-state index contributed by atoms with van der Waals surface area (Å²) in [5, 5.41) is 3.33. The second-order valence-corrected chi connectivity index (χ2v) is 4.39. The number of hydrogen-bond acceptors (Lipinski definition) is 3. The molecule has 2 aliphatic rings. The van der Waals surface area contributed by atoms with Crippen LogP contribution in [0, 0.1) is 0 Å². The van der Waals surface area contributed by atoms with Gasteiger partial charge in [0.05, 0.1) is 6.10 Å². The summed E-state index contributed by atoms with van der Waals surface area (Å²) in [6.45, 7) is 7.86. The Hall–Kier alpha value is -0.120. The van der Waals surface area contributed by atoms with Gasteiger partial charge < -0.3 is 10.1 Å². The summed E-state index contributed by atoms with van der Waals surface area (Å²) in [5.74, 6) is 0. The van der Waals surface area contributed by atoms with Crippen LogP contribution in [0.2, 0.25) is 0 Å². The molecule has 3 heteroatoms. The Morgan fingerprint density at radius 2 is 2.21 bits per heavy atom. The number of ether oxygens (including phenoxy) is 1. The summed E-state index contributed by atoms with van der Waals surface area (Å²) in [6, 6.07) is 0.769.